The summed E-state index contributed by atoms with van der Waals surface area (Å²) in [6, 6.07) is 10.3. The van der Waals surface area contributed by atoms with Crippen molar-refractivity contribution >= 4 is 0 Å². The number of hydrogen-bond donors (Lipinski definition) is 1. The molecule has 0 aliphatic carbocycles. The average molecular weight is 216 g/mol. The van der Waals surface area contributed by atoms with Gasteiger partial charge < -0.3 is 5.73 Å². The molecule has 84 valence electrons. The predicted octanol–water partition coefficient (Wildman–Crippen LogP) is 1.35. The van der Waals surface area contributed by atoms with Crippen LogP contribution in [0.25, 0.3) is 0 Å². The minimum atomic E-state index is 0.447. The molecule has 0 amide bonds. The van der Waals surface area contributed by atoms with Crippen LogP contribution in [0.2, 0.25) is 0 Å². The van der Waals surface area contributed by atoms with E-state index in [2.05, 4.69) is 29.4 Å². The largest absolute Gasteiger partial charge is 0.325 e. The topological polar surface area (TPSA) is 56.7 Å². The number of rotatable bonds is 4. The van der Waals surface area contributed by atoms with E-state index < -0.39 is 0 Å². The zero-order chi connectivity index (χ0) is 11.4. The summed E-state index contributed by atoms with van der Waals surface area (Å²) < 4.78 is 1.91. The highest BCUT2D eigenvalue weighted by Gasteiger charge is 2.10. The molecule has 0 radical (unpaired) electrons. The highest BCUT2D eigenvalue weighted by Crippen LogP contribution is 2.11. The van der Waals surface area contributed by atoms with Gasteiger partial charge in [0.05, 0.1) is 11.4 Å². The van der Waals surface area contributed by atoms with Gasteiger partial charge in [-0.05, 0) is 12.5 Å². The van der Waals surface area contributed by atoms with E-state index in [1.165, 1.54) is 5.56 Å². The number of benzene rings is 1. The molecule has 0 bridgehead atoms. The Kier molecular flexibility index (Phi) is 3.31. The Morgan fingerprint density at radius 2 is 2.00 bits per heavy atom. The number of nitrogens with zero attached hydrogens (tertiary/aromatic N) is 3. The molecule has 0 saturated carbocycles. The van der Waals surface area contributed by atoms with Crippen LogP contribution >= 0.6 is 0 Å². The second kappa shape index (κ2) is 4.90. The lowest BCUT2D eigenvalue weighted by Crippen LogP contribution is -2.07. The average Bonchev–Trinajstić information content (AvgIpc) is 2.72. The molecule has 1 aromatic heterocycles. The Morgan fingerprint density at radius 1 is 1.25 bits per heavy atom. The summed E-state index contributed by atoms with van der Waals surface area (Å²) in [5.41, 5.74) is 8.93. The minimum absolute atomic E-state index is 0.447. The van der Waals surface area contributed by atoms with Gasteiger partial charge in [-0.3, -0.25) is 0 Å². The number of aryl methyl sites for hydroxylation is 1. The van der Waals surface area contributed by atoms with Gasteiger partial charge in [-0.15, -0.1) is 5.10 Å². The number of aromatic nitrogens is 3. The molecule has 0 saturated heterocycles. The van der Waals surface area contributed by atoms with Crippen LogP contribution in [0.15, 0.2) is 30.3 Å². The first-order chi connectivity index (χ1) is 7.85. The van der Waals surface area contributed by atoms with E-state index in [1.807, 2.05) is 22.9 Å². The maximum atomic E-state index is 5.66. The normalized spacial score (nSPS) is 10.6. The predicted molar refractivity (Wildman–Crippen MR) is 62.8 cm³/mol. The van der Waals surface area contributed by atoms with Gasteiger partial charge in [0.2, 0.25) is 0 Å². The van der Waals surface area contributed by atoms with Crippen molar-refractivity contribution in [2.75, 3.05) is 0 Å². The maximum Gasteiger partial charge on any atom is 0.0998 e. The highest BCUT2D eigenvalue weighted by atomic mass is 15.4. The summed E-state index contributed by atoms with van der Waals surface area (Å²) in [6.07, 6.45) is 0.841. The summed E-state index contributed by atoms with van der Waals surface area (Å²) in [6.45, 7) is 3.33. The monoisotopic (exact) mass is 216 g/mol. The van der Waals surface area contributed by atoms with E-state index in [0.717, 1.165) is 24.4 Å². The van der Waals surface area contributed by atoms with Crippen LogP contribution in [0.1, 0.15) is 23.9 Å². The van der Waals surface area contributed by atoms with E-state index in [4.69, 9.17) is 5.73 Å². The molecule has 1 heterocycles. The summed E-state index contributed by atoms with van der Waals surface area (Å²) in [7, 11) is 0. The third-order valence-corrected chi connectivity index (χ3v) is 2.63. The van der Waals surface area contributed by atoms with Gasteiger partial charge in [0.15, 0.2) is 0 Å². The second-order valence-electron chi connectivity index (χ2n) is 3.67. The molecule has 1 aromatic carbocycles. The zero-order valence-electron chi connectivity index (χ0n) is 9.43. The van der Waals surface area contributed by atoms with Crippen molar-refractivity contribution in [2.24, 2.45) is 5.73 Å². The maximum absolute atomic E-state index is 5.66. The smallest absolute Gasteiger partial charge is 0.0998 e. The van der Waals surface area contributed by atoms with Gasteiger partial charge in [-0.1, -0.05) is 35.5 Å². The SMILES string of the molecule is CCn1nnc(CN)c1Cc1ccccc1. The summed E-state index contributed by atoms with van der Waals surface area (Å²) in [5.74, 6) is 0. The van der Waals surface area contributed by atoms with Crippen molar-refractivity contribution in [3.63, 3.8) is 0 Å². The molecule has 0 spiro atoms. The first-order valence-electron chi connectivity index (χ1n) is 5.50. The Hall–Kier alpha value is -1.68. The van der Waals surface area contributed by atoms with Gasteiger partial charge in [0.1, 0.15) is 0 Å². The summed E-state index contributed by atoms with van der Waals surface area (Å²) >= 11 is 0. The Labute approximate surface area is 95.1 Å². The molecule has 2 aromatic rings. The van der Waals surface area contributed by atoms with Gasteiger partial charge in [-0.2, -0.15) is 0 Å². The van der Waals surface area contributed by atoms with Crippen molar-refractivity contribution in [1.82, 2.24) is 15.0 Å². The Morgan fingerprint density at radius 3 is 2.62 bits per heavy atom. The van der Waals surface area contributed by atoms with Crippen molar-refractivity contribution < 1.29 is 0 Å². The summed E-state index contributed by atoms with van der Waals surface area (Å²) in [5, 5.41) is 8.18. The second-order valence-corrected chi connectivity index (χ2v) is 3.67. The van der Waals surface area contributed by atoms with Crippen LogP contribution in [0.4, 0.5) is 0 Å². The van der Waals surface area contributed by atoms with Crippen molar-refractivity contribution in [2.45, 2.75) is 26.4 Å². The Balaban J connectivity index is 2.29. The molecule has 4 nitrogen and oxygen atoms in total. The molecular weight excluding hydrogens is 200 g/mol. The third kappa shape index (κ3) is 2.12. The third-order valence-electron chi connectivity index (χ3n) is 2.63. The highest BCUT2D eigenvalue weighted by molar-refractivity contribution is 5.23. The molecule has 4 heteroatoms. The van der Waals surface area contributed by atoms with E-state index in [9.17, 15) is 0 Å². The van der Waals surface area contributed by atoms with E-state index in [-0.39, 0.29) is 0 Å². The molecule has 2 N–H and O–H groups in total. The van der Waals surface area contributed by atoms with Crippen molar-refractivity contribution in [1.29, 1.82) is 0 Å². The lowest BCUT2D eigenvalue weighted by atomic mass is 10.1. The number of hydrogen-bond acceptors (Lipinski definition) is 3. The lowest BCUT2D eigenvalue weighted by molar-refractivity contribution is 0.604. The molecule has 0 atom stereocenters. The first-order valence-corrected chi connectivity index (χ1v) is 5.50. The molecule has 0 unspecified atom stereocenters. The first kappa shape index (κ1) is 10.8. The van der Waals surface area contributed by atoms with Gasteiger partial charge in [-0.25, -0.2) is 4.68 Å². The minimum Gasteiger partial charge on any atom is -0.325 e. The molecule has 2 rings (SSSR count). The van der Waals surface area contributed by atoms with Gasteiger partial charge in [0.25, 0.3) is 0 Å². The zero-order valence-corrected chi connectivity index (χ0v) is 9.43. The molecular formula is C12H16N4. The fourth-order valence-corrected chi connectivity index (χ4v) is 1.76. The Bertz CT molecular complexity index is 426. The summed E-state index contributed by atoms with van der Waals surface area (Å²) in [4.78, 5) is 0. The van der Waals surface area contributed by atoms with Crippen LogP contribution in [0.3, 0.4) is 0 Å². The van der Waals surface area contributed by atoms with Gasteiger partial charge >= 0.3 is 0 Å². The number of nitrogens with two attached hydrogens (primary N) is 1. The standard InChI is InChI=1S/C12H16N4/c1-2-16-12(11(9-13)14-15-16)8-10-6-4-3-5-7-10/h3-7H,2,8-9,13H2,1H3. The van der Waals surface area contributed by atoms with Gasteiger partial charge in [0, 0.05) is 19.5 Å². The van der Waals surface area contributed by atoms with E-state index >= 15 is 0 Å². The van der Waals surface area contributed by atoms with Crippen molar-refractivity contribution in [3.8, 4) is 0 Å². The van der Waals surface area contributed by atoms with E-state index in [0.29, 0.717) is 6.54 Å². The van der Waals surface area contributed by atoms with Crippen LogP contribution in [0, 0.1) is 0 Å². The quantitative estimate of drug-likeness (QED) is 0.839. The van der Waals surface area contributed by atoms with Crippen LogP contribution in [-0.2, 0) is 19.5 Å². The fourth-order valence-electron chi connectivity index (χ4n) is 1.76. The molecule has 16 heavy (non-hydrogen) atoms. The lowest BCUT2D eigenvalue weighted by Gasteiger charge is -2.05. The van der Waals surface area contributed by atoms with Crippen molar-refractivity contribution in [3.05, 3.63) is 47.3 Å². The molecule has 0 aliphatic heterocycles. The fraction of sp³-hybridized carbons (Fsp3) is 0.333. The molecule has 0 fully saturated rings. The van der Waals surface area contributed by atoms with Crippen LogP contribution < -0.4 is 5.73 Å². The van der Waals surface area contributed by atoms with Crippen LogP contribution in [-0.4, -0.2) is 15.0 Å². The van der Waals surface area contributed by atoms with E-state index in [1.54, 1.807) is 0 Å². The van der Waals surface area contributed by atoms with Crippen LogP contribution in [0.5, 0.6) is 0 Å². The molecule has 0 aliphatic rings.